The second-order valence-corrected chi connectivity index (χ2v) is 8.12. The van der Waals surface area contributed by atoms with Crippen molar-refractivity contribution in [2.45, 2.75) is 25.9 Å². The lowest BCUT2D eigenvalue weighted by molar-refractivity contribution is -0.117. The molecule has 160 valence electrons. The summed E-state index contributed by atoms with van der Waals surface area (Å²) in [6, 6.07) is 12.5. The fraction of sp³-hybridized carbons (Fsp3) is 0.261. The minimum atomic E-state index is -0.472. The first-order chi connectivity index (χ1) is 15.0. The van der Waals surface area contributed by atoms with E-state index < -0.39 is 6.04 Å². The maximum absolute atomic E-state index is 13.2. The molecular weight excluding hydrogens is 414 g/mol. The predicted octanol–water partition coefficient (Wildman–Crippen LogP) is 4.19. The average molecular weight is 438 g/mol. The van der Waals surface area contributed by atoms with Crippen molar-refractivity contribution in [3.63, 3.8) is 0 Å². The zero-order valence-corrected chi connectivity index (χ0v) is 18.4. The molecule has 1 aliphatic rings. The molecule has 0 unspecified atom stereocenters. The van der Waals surface area contributed by atoms with Gasteiger partial charge in [0.2, 0.25) is 5.91 Å². The highest BCUT2D eigenvalue weighted by molar-refractivity contribution is 7.13. The summed E-state index contributed by atoms with van der Waals surface area (Å²) in [6.45, 7) is 2.32. The fourth-order valence-corrected chi connectivity index (χ4v) is 4.46. The molecule has 2 heterocycles. The van der Waals surface area contributed by atoms with E-state index in [0.717, 1.165) is 16.8 Å². The van der Waals surface area contributed by atoms with Crippen LogP contribution >= 0.6 is 11.3 Å². The summed E-state index contributed by atoms with van der Waals surface area (Å²) in [7, 11) is 3.13. The van der Waals surface area contributed by atoms with E-state index in [9.17, 15) is 9.59 Å². The van der Waals surface area contributed by atoms with Crippen LogP contribution in [0.25, 0.3) is 0 Å². The van der Waals surface area contributed by atoms with Crippen LogP contribution in [0.4, 0.5) is 5.13 Å². The number of aryl methyl sites for hydroxylation is 1. The van der Waals surface area contributed by atoms with Crippen LogP contribution in [0.3, 0.4) is 0 Å². The SMILES string of the molecule is COc1ccc([C@H](CC(=O)Nc2nc(C)cs2)N2Cc3ccccc3C2=O)cc1OC. The number of carbonyl (C=O) groups is 2. The van der Waals surface area contributed by atoms with Gasteiger partial charge in [-0.2, -0.15) is 0 Å². The molecule has 1 aromatic heterocycles. The van der Waals surface area contributed by atoms with Gasteiger partial charge < -0.3 is 19.7 Å². The third-order valence-electron chi connectivity index (χ3n) is 5.26. The van der Waals surface area contributed by atoms with Crippen LogP contribution < -0.4 is 14.8 Å². The molecule has 31 heavy (non-hydrogen) atoms. The van der Waals surface area contributed by atoms with Crippen LogP contribution in [-0.4, -0.2) is 35.9 Å². The number of hydrogen-bond donors (Lipinski definition) is 1. The Bertz CT molecular complexity index is 1130. The lowest BCUT2D eigenvalue weighted by atomic mass is 10.0. The minimum Gasteiger partial charge on any atom is -0.493 e. The van der Waals surface area contributed by atoms with E-state index >= 15 is 0 Å². The number of methoxy groups -OCH3 is 2. The van der Waals surface area contributed by atoms with Crippen molar-refractivity contribution in [2.75, 3.05) is 19.5 Å². The molecular formula is C23H23N3O4S. The summed E-state index contributed by atoms with van der Waals surface area (Å²) in [6.07, 6.45) is 0.0911. The van der Waals surface area contributed by atoms with Crippen LogP contribution in [0.2, 0.25) is 0 Å². The second-order valence-electron chi connectivity index (χ2n) is 7.27. The highest BCUT2D eigenvalue weighted by Gasteiger charge is 2.35. The number of amides is 2. The largest absolute Gasteiger partial charge is 0.493 e. The Balaban J connectivity index is 1.66. The number of hydrogen-bond acceptors (Lipinski definition) is 6. The Kier molecular flexibility index (Phi) is 5.90. The van der Waals surface area contributed by atoms with Crippen LogP contribution in [0, 0.1) is 6.92 Å². The number of carbonyl (C=O) groups excluding carboxylic acids is 2. The summed E-state index contributed by atoms with van der Waals surface area (Å²) < 4.78 is 10.8. The van der Waals surface area contributed by atoms with Crippen molar-refractivity contribution < 1.29 is 19.1 Å². The number of nitrogens with one attached hydrogen (secondary N) is 1. The molecule has 0 saturated carbocycles. The number of anilines is 1. The minimum absolute atomic E-state index is 0.0896. The van der Waals surface area contributed by atoms with E-state index in [0.29, 0.717) is 28.7 Å². The smallest absolute Gasteiger partial charge is 0.255 e. The van der Waals surface area contributed by atoms with E-state index in [1.807, 2.05) is 48.7 Å². The van der Waals surface area contributed by atoms with Crippen LogP contribution in [0.1, 0.15) is 39.6 Å². The summed E-state index contributed by atoms with van der Waals surface area (Å²) in [4.78, 5) is 32.1. The number of nitrogens with zero attached hydrogens (tertiary/aromatic N) is 2. The van der Waals surface area contributed by atoms with Gasteiger partial charge in [-0.3, -0.25) is 9.59 Å². The molecule has 1 N–H and O–H groups in total. The van der Waals surface area contributed by atoms with Crippen molar-refractivity contribution in [1.29, 1.82) is 0 Å². The zero-order valence-electron chi connectivity index (χ0n) is 17.5. The maximum atomic E-state index is 13.2. The molecule has 0 saturated heterocycles. The molecule has 1 aliphatic heterocycles. The van der Waals surface area contributed by atoms with Crippen LogP contribution in [0.15, 0.2) is 47.8 Å². The summed E-state index contributed by atoms with van der Waals surface area (Å²) in [5.41, 5.74) is 3.27. The van der Waals surface area contributed by atoms with Crippen molar-refractivity contribution in [1.82, 2.24) is 9.88 Å². The first-order valence-corrected chi connectivity index (χ1v) is 10.7. The van der Waals surface area contributed by atoms with Gasteiger partial charge in [-0.05, 0) is 36.2 Å². The molecule has 0 spiro atoms. The number of thiazole rings is 1. The van der Waals surface area contributed by atoms with Crippen molar-refractivity contribution in [3.05, 3.63) is 70.2 Å². The molecule has 8 heteroatoms. The van der Waals surface area contributed by atoms with Gasteiger partial charge >= 0.3 is 0 Å². The predicted molar refractivity (Wildman–Crippen MR) is 119 cm³/mol. The summed E-state index contributed by atoms with van der Waals surface area (Å²) in [5, 5.41) is 5.27. The van der Waals surface area contributed by atoms with Gasteiger partial charge in [0.15, 0.2) is 16.6 Å². The first kappa shape index (κ1) is 20.9. The van der Waals surface area contributed by atoms with Gasteiger partial charge in [0, 0.05) is 17.5 Å². The van der Waals surface area contributed by atoms with Gasteiger partial charge in [0.25, 0.3) is 5.91 Å². The molecule has 2 aromatic carbocycles. The van der Waals surface area contributed by atoms with Crippen LogP contribution in [0.5, 0.6) is 11.5 Å². The highest BCUT2D eigenvalue weighted by atomic mass is 32.1. The molecule has 7 nitrogen and oxygen atoms in total. The number of benzene rings is 2. The van der Waals surface area contributed by atoms with Crippen molar-refractivity contribution >= 4 is 28.3 Å². The van der Waals surface area contributed by atoms with Crippen LogP contribution in [-0.2, 0) is 11.3 Å². The topological polar surface area (TPSA) is 80.8 Å². The Labute approximate surface area is 184 Å². The highest BCUT2D eigenvalue weighted by Crippen LogP contribution is 2.37. The van der Waals surface area contributed by atoms with Crippen molar-refractivity contribution in [3.8, 4) is 11.5 Å². The van der Waals surface area contributed by atoms with E-state index in [1.165, 1.54) is 11.3 Å². The summed E-state index contributed by atoms with van der Waals surface area (Å²) in [5.74, 6) is 0.833. The molecule has 4 rings (SSSR count). The average Bonchev–Trinajstić information content (AvgIpc) is 3.34. The first-order valence-electron chi connectivity index (χ1n) is 9.83. The Morgan fingerprint density at radius 1 is 1.19 bits per heavy atom. The normalized spacial score (nSPS) is 13.6. The Hall–Kier alpha value is -3.39. The molecule has 0 bridgehead atoms. The van der Waals surface area contributed by atoms with Gasteiger partial charge in [0.1, 0.15) is 0 Å². The van der Waals surface area contributed by atoms with Crippen molar-refractivity contribution in [2.24, 2.45) is 0 Å². The molecule has 3 aromatic rings. The zero-order chi connectivity index (χ0) is 22.0. The third-order valence-corrected chi connectivity index (χ3v) is 6.14. The quantitative estimate of drug-likeness (QED) is 0.599. The second kappa shape index (κ2) is 8.77. The monoisotopic (exact) mass is 437 g/mol. The van der Waals surface area contributed by atoms with E-state index in [4.69, 9.17) is 9.47 Å². The number of rotatable bonds is 7. The molecule has 1 atom stereocenters. The van der Waals surface area contributed by atoms with E-state index in [2.05, 4.69) is 10.3 Å². The Morgan fingerprint density at radius 2 is 1.97 bits per heavy atom. The number of aromatic nitrogens is 1. The fourth-order valence-electron chi connectivity index (χ4n) is 3.75. The van der Waals surface area contributed by atoms with Gasteiger partial charge in [0.05, 0.1) is 32.4 Å². The molecule has 0 radical (unpaired) electrons. The van der Waals surface area contributed by atoms with Gasteiger partial charge in [-0.15, -0.1) is 11.3 Å². The summed E-state index contributed by atoms with van der Waals surface area (Å²) >= 11 is 1.37. The van der Waals surface area contributed by atoms with E-state index in [1.54, 1.807) is 25.2 Å². The lowest BCUT2D eigenvalue weighted by Gasteiger charge is -2.28. The number of ether oxygens (including phenoxy) is 2. The standard InChI is InChI=1S/C23H23N3O4S/c1-14-13-31-23(24-14)25-21(27)11-18(15-8-9-19(29-2)20(10-15)30-3)26-12-16-6-4-5-7-17(16)22(26)28/h4-10,13,18H,11-12H2,1-3H3,(H,24,25,27)/t18-/m0/s1. The number of fused-ring (bicyclic) bond motifs is 1. The molecule has 2 amide bonds. The molecule has 0 aliphatic carbocycles. The molecule has 0 fully saturated rings. The maximum Gasteiger partial charge on any atom is 0.255 e. The lowest BCUT2D eigenvalue weighted by Crippen LogP contribution is -2.32. The van der Waals surface area contributed by atoms with Gasteiger partial charge in [-0.1, -0.05) is 24.3 Å². The third kappa shape index (κ3) is 4.25. The van der Waals surface area contributed by atoms with E-state index in [-0.39, 0.29) is 18.2 Å². The Morgan fingerprint density at radius 3 is 2.65 bits per heavy atom. The van der Waals surface area contributed by atoms with Gasteiger partial charge in [-0.25, -0.2) is 4.98 Å².